The molecule has 1 spiro atoms. The number of rotatable bonds is 3. The third kappa shape index (κ3) is 4.07. The minimum atomic E-state index is -0.0163. The molecule has 2 saturated heterocycles. The molecule has 6 heteroatoms. The van der Waals surface area contributed by atoms with Gasteiger partial charge >= 0.3 is 0 Å². The summed E-state index contributed by atoms with van der Waals surface area (Å²) in [6.07, 6.45) is 12.4. The number of hydrogen-bond donors (Lipinski definition) is 0. The molecule has 0 aromatic heterocycles. The van der Waals surface area contributed by atoms with Gasteiger partial charge in [-0.1, -0.05) is 74.5 Å². The van der Waals surface area contributed by atoms with Crippen molar-refractivity contribution in [3.8, 4) is 0 Å². The Bertz CT molecular complexity index is 826. The van der Waals surface area contributed by atoms with E-state index in [0.717, 1.165) is 60.7 Å². The van der Waals surface area contributed by atoms with Crippen molar-refractivity contribution < 1.29 is 4.74 Å². The summed E-state index contributed by atoms with van der Waals surface area (Å²) in [6, 6.07) is 8.80. The fourth-order valence-electron chi connectivity index (χ4n) is 6.22. The van der Waals surface area contributed by atoms with Gasteiger partial charge in [-0.25, -0.2) is 0 Å². The predicted molar refractivity (Wildman–Crippen MR) is 133 cm³/mol. The summed E-state index contributed by atoms with van der Waals surface area (Å²) >= 11 is 13.1. The second kappa shape index (κ2) is 9.46. The number of ether oxygens (including phenoxy) is 1. The van der Waals surface area contributed by atoms with E-state index in [0.29, 0.717) is 6.04 Å². The molecule has 0 radical (unpaired) electrons. The van der Waals surface area contributed by atoms with E-state index in [1.165, 1.54) is 51.4 Å². The lowest BCUT2D eigenvalue weighted by atomic mass is 9.70. The lowest BCUT2D eigenvalue weighted by molar-refractivity contribution is 0.00761. The molecule has 4 fully saturated rings. The number of thiocarbonyl (C=S) groups is 1. The van der Waals surface area contributed by atoms with Gasteiger partial charge in [-0.3, -0.25) is 14.8 Å². The number of benzene rings is 1. The van der Waals surface area contributed by atoms with Gasteiger partial charge in [0.05, 0.1) is 41.0 Å². The van der Waals surface area contributed by atoms with Crippen molar-refractivity contribution in [2.24, 2.45) is 10.4 Å². The van der Waals surface area contributed by atoms with Crippen LogP contribution in [0.2, 0.25) is 5.02 Å². The highest BCUT2D eigenvalue weighted by atomic mass is 35.5. The molecule has 1 aromatic carbocycles. The van der Waals surface area contributed by atoms with Gasteiger partial charge in [-0.05, 0) is 37.8 Å². The van der Waals surface area contributed by atoms with Crippen molar-refractivity contribution in [1.82, 2.24) is 4.90 Å². The van der Waals surface area contributed by atoms with Crippen LogP contribution in [0.5, 0.6) is 0 Å². The molecule has 168 valence electrons. The van der Waals surface area contributed by atoms with E-state index < -0.39 is 0 Å². The molecule has 0 N–H and O–H groups in total. The van der Waals surface area contributed by atoms with Crippen molar-refractivity contribution in [3.63, 3.8) is 0 Å². The summed E-state index contributed by atoms with van der Waals surface area (Å²) in [4.78, 5) is 11.5. The maximum absolute atomic E-state index is 6.75. The molecule has 0 bridgehead atoms. The average Bonchev–Trinajstić information content (AvgIpc) is 3.03. The van der Waals surface area contributed by atoms with Crippen LogP contribution in [-0.2, 0) is 4.74 Å². The summed E-state index contributed by atoms with van der Waals surface area (Å²) < 4.78 is 5.73. The van der Waals surface area contributed by atoms with Gasteiger partial charge in [0, 0.05) is 18.5 Å². The monoisotopic (exact) mass is 459 g/mol. The molecule has 1 aromatic rings. The molecular formula is C25H34ClN3OS. The molecule has 1 atom stereocenters. The zero-order valence-corrected chi connectivity index (χ0v) is 20.0. The Kier molecular flexibility index (Phi) is 6.66. The van der Waals surface area contributed by atoms with Crippen LogP contribution in [0.25, 0.3) is 0 Å². The lowest BCUT2D eigenvalue weighted by Gasteiger charge is -2.44. The normalized spacial score (nSPS) is 29.2. The standard InChI is InChI=1S/C25H34ClN3OS/c26-20-11-5-6-12-21(20)29-23(27-19-9-3-1-4-10-19)22(28-15-17-30-18-16-28)25(24(29)31)13-7-2-8-14-25/h5-6,11-12,19,22H,1-4,7-10,13-18H2. The minimum absolute atomic E-state index is 0.0163. The van der Waals surface area contributed by atoms with Crippen LogP contribution in [0.1, 0.15) is 64.2 Å². The van der Waals surface area contributed by atoms with E-state index >= 15 is 0 Å². The topological polar surface area (TPSA) is 28.1 Å². The van der Waals surface area contributed by atoms with Crippen molar-refractivity contribution >= 4 is 40.3 Å². The van der Waals surface area contributed by atoms with E-state index in [9.17, 15) is 0 Å². The van der Waals surface area contributed by atoms with Crippen LogP contribution in [0.3, 0.4) is 0 Å². The number of para-hydroxylation sites is 1. The van der Waals surface area contributed by atoms with Gasteiger partial charge in [-0.15, -0.1) is 0 Å². The van der Waals surface area contributed by atoms with Crippen LogP contribution in [-0.4, -0.2) is 54.1 Å². The van der Waals surface area contributed by atoms with E-state index in [-0.39, 0.29) is 11.5 Å². The zero-order valence-electron chi connectivity index (χ0n) is 18.4. The third-order valence-corrected chi connectivity index (χ3v) is 8.67. The van der Waals surface area contributed by atoms with E-state index in [4.69, 9.17) is 33.5 Å². The maximum atomic E-state index is 6.75. The molecule has 1 unspecified atom stereocenters. The first-order valence-corrected chi connectivity index (χ1v) is 13.0. The van der Waals surface area contributed by atoms with Crippen molar-refractivity contribution in [1.29, 1.82) is 0 Å². The van der Waals surface area contributed by atoms with Gasteiger partial charge in [0.15, 0.2) is 0 Å². The second-order valence-electron chi connectivity index (χ2n) is 9.64. The van der Waals surface area contributed by atoms with Crippen molar-refractivity contribution in [3.05, 3.63) is 29.3 Å². The summed E-state index contributed by atoms with van der Waals surface area (Å²) in [6.45, 7) is 3.49. The van der Waals surface area contributed by atoms with Crippen LogP contribution >= 0.6 is 23.8 Å². The largest absolute Gasteiger partial charge is 0.379 e. The smallest absolute Gasteiger partial charge is 0.127 e. The summed E-state index contributed by atoms with van der Waals surface area (Å²) in [5.74, 6) is 1.16. The molecule has 2 aliphatic heterocycles. The number of halogens is 1. The number of nitrogens with zero attached hydrogens (tertiary/aromatic N) is 3. The van der Waals surface area contributed by atoms with Gasteiger partial charge in [-0.2, -0.15) is 0 Å². The van der Waals surface area contributed by atoms with Gasteiger partial charge in [0.1, 0.15) is 5.84 Å². The van der Waals surface area contributed by atoms with E-state index in [2.05, 4.69) is 21.9 Å². The fraction of sp³-hybridized carbons (Fsp3) is 0.680. The minimum Gasteiger partial charge on any atom is -0.379 e. The molecule has 4 aliphatic rings. The first kappa shape index (κ1) is 21.8. The maximum Gasteiger partial charge on any atom is 0.127 e. The van der Waals surface area contributed by atoms with Gasteiger partial charge in [0.2, 0.25) is 0 Å². The van der Waals surface area contributed by atoms with Crippen molar-refractivity contribution in [2.45, 2.75) is 76.3 Å². The Hall–Kier alpha value is -1.01. The number of hydrogen-bond acceptors (Lipinski definition) is 4. The van der Waals surface area contributed by atoms with Crippen LogP contribution < -0.4 is 4.90 Å². The highest BCUT2D eigenvalue weighted by Crippen LogP contribution is 2.51. The zero-order chi connectivity index (χ0) is 21.3. The second-order valence-corrected chi connectivity index (χ2v) is 10.4. The van der Waals surface area contributed by atoms with Gasteiger partial charge < -0.3 is 4.74 Å². The van der Waals surface area contributed by atoms with E-state index in [1.54, 1.807) is 0 Å². The summed E-state index contributed by atoms with van der Waals surface area (Å²) in [5.41, 5.74) is 0.988. The lowest BCUT2D eigenvalue weighted by Crippen LogP contribution is -2.54. The molecule has 2 saturated carbocycles. The van der Waals surface area contributed by atoms with Crippen LogP contribution in [0, 0.1) is 5.41 Å². The van der Waals surface area contributed by atoms with Crippen LogP contribution in [0.4, 0.5) is 5.69 Å². The molecule has 31 heavy (non-hydrogen) atoms. The Labute approximate surface area is 197 Å². The van der Waals surface area contributed by atoms with Crippen molar-refractivity contribution in [2.75, 3.05) is 31.2 Å². The predicted octanol–water partition coefficient (Wildman–Crippen LogP) is 5.87. The molecule has 4 nitrogen and oxygen atoms in total. The summed E-state index contributed by atoms with van der Waals surface area (Å²) in [5, 5.41) is 0.759. The average molecular weight is 460 g/mol. The fourth-order valence-corrected chi connectivity index (χ4v) is 6.95. The number of amidine groups is 1. The highest BCUT2D eigenvalue weighted by Gasteiger charge is 2.57. The Balaban J connectivity index is 1.64. The summed E-state index contributed by atoms with van der Waals surface area (Å²) in [7, 11) is 0. The first-order chi connectivity index (χ1) is 15.2. The molecule has 0 amide bonds. The number of anilines is 1. The number of aliphatic imine (C=N–C) groups is 1. The Morgan fingerprint density at radius 2 is 1.65 bits per heavy atom. The molecule has 2 aliphatic carbocycles. The number of morpholine rings is 1. The molecule has 2 heterocycles. The Morgan fingerprint density at radius 3 is 2.35 bits per heavy atom. The highest BCUT2D eigenvalue weighted by molar-refractivity contribution is 7.80. The molecular weight excluding hydrogens is 426 g/mol. The SMILES string of the molecule is S=C1N(c2ccccc2Cl)C(=NC2CCCCC2)C(N2CCOCC2)C12CCCCC2. The Morgan fingerprint density at radius 1 is 0.968 bits per heavy atom. The quantitative estimate of drug-likeness (QED) is 0.528. The molecule has 5 rings (SSSR count). The van der Waals surface area contributed by atoms with Gasteiger partial charge in [0.25, 0.3) is 0 Å². The third-order valence-electron chi connectivity index (χ3n) is 7.77. The van der Waals surface area contributed by atoms with E-state index in [1.807, 2.05) is 12.1 Å². The first-order valence-electron chi connectivity index (χ1n) is 12.2. The van der Waals surface area contributed by atoms with Crippen LogP contribution in [0.15, 0.2) is 29.3 Å².